The molecule has 0 saturated heterocycles. The van der Waals surface area contributed by atoms with Crippen LogP contribution in [0.3, 0.4) is 0 Å². The van der Waals surface area contributed by atoms with Gasteiger partial charge in [0.05, 0.1) is 0 Å². The maximum Gasteiger partial charge on any atom is 3.00 e. The molecule has 0 aliphatic heterocycles. The van der Waals surface area contributed by atoms with Gasteiger partial charge in [-0.15, -0.1) is 29.1 Å². The minimum Gasteiger partial charge on any atom is -0.311 e. The zero-order valence-corrected chi connectivity index (χ0v) is 11.2. The molecule has 0 bridgehead atoms. The maximum absolute atomic E-state index is 11.7. The Morgan fingerprint density at radius 2 is 1.86 bits per heavy atom. The Bertz CT molecular complexity index is 511. The summed E-state index contributed by atoms with van der Waals surface area (Å²) in [6.07, 6.45) is 0. The van der Waals surface area contributed by atoms with Crippen LogP contribution in [0.15, 0.2) is 35.1 Å². The van der Waals surface area contributed by atoms with Crippen molar-refractivity contribution in [2.24, 2.45) is 0 Å². The van der Waals surface area contributed by atoms with Crippen molar-refractivity contribution in [2.75, 3.05) is 0 Å². The molecule has 0 aromatic heterocycles. The average Bonchev–Trinajstić information content (AvgIpc) is 2.15. The van der Waals surface area contributed by atoms with Crippen LogP contribution in [0, 0.1) is 13.8 Å². The number of benzene rings is 2. The largest absolute Gasteiger partial charge is 3.00 e. The third kappa shape index (κ3) is 1.84. The van der Waals surface area contributed by atoms with E-state index in [1.807, 2.05) is 44.2 Å². The van der Waals surface area contributed by atoms with E-state index in [4.69, 9.17) is 0 Å². The van der Waals surface area contributed by atoms with Gasteiger partial charge in [0, 0.05) is 0 Å². The zero-order chi connectivity index (χ0) is 9.42. The molecule has 0 saturated carbocycles. The van der Waals surface area contributed by atoms with Crippen molar-refractivity contribution in [3.63, 3.8) is 0 Å². The normalized spacial score (nSPS) is 9.86. The standard InChI is InChI=1S/C12H11O.Y/c1-8-7-9(2)12(13)11-6-4-3-5-10(8)11;/h3-7H,1-2H3;/q-1;+3. The monoisotopic (exact) mass is 260 g/mol. The summed E-state index contributed by atoms with van der Waals surface area (Å²) in [5.74, 6) is 0. The Labute approximate surface area is 108 Å². The first-order valence-corrected chi connectivity index (χ1v) is 4.36. The van der Waals surface area contributed by atoms with Gasteiger partial charge in [0.1, 0.15) is 5.43 Å². The topological polar surface area (TPSA) is 17.1 Å². The summed E-state index contributed by atoms with van der Waals surface area (Å²) in [5, 5.41) is 1.90. The van der Waals surface area contributed by atoms with E-state index in [2.05, 4.69) is 0 Å². The summed E-state index contributed by atoms with van der Waals surface area (Å²) in [7, 11) is 0. The van der Waals surface area contributed by atoms with Gasteiger partial charge in [-0.3, -0.25) is 0 Å². The zero-order valence-electron chi connectivity index (χ0n) is 8.37. The van der Waals surface area contributed by atoms with Gasteiger partial charge in [0.15, 0.2) is 0 Å². The van der Waals surface area contributed by atoms with Crippen LogP contribution in [0.1, 0.15) is 11.1 Å². The van der Waals surface area contributed by atoms with E-state index in [-0.39, 0.29) is 38.1 Å². The molecule has 0 heterocycles. The van der Waals surface area contributed by atoms with Gasteiger partial charge >= 0.3 is 32.7 Å². The van der Waals surface area contributed by atoms with Crippen LogP contribution < -0.4 is 5.43 Å². The summed E-state index contributed by atoms with van der Waals surface area (Å²) >= 11 is 0. The fourth-order valence-corrected chi connectivity index (χ4v) is 1.71. The summed E-state index contributed by atoms with van der Waals surface area (Å²) in [4.78, 5) is 11.7. The molecule has 14 heavy (non-hydrogen) atoms. The molecule has 2 aromatic carbocycles. The van der Waals surface area contributed by atoms with Crippen LogP contribution in [0.2, 0.25) is 0 Å². The third-order valence-corrected chi connectivity index (χ3v) is 2.39. The van der Waals surface area contributed by atoms with Crippen LogP contribution in [-0.2, 0) is 32.7 Å². The Hall–Kier alpha value is -0.396. The SMILES string of the molecule is Cc1c[c-](C)c2ccccc2c1=O.[Y+3]. The predicted molar refractivity (Wildman–Crippen MR) is 55.3 cm³/mol. The van der Waals surface area contributed by atoms with Crippen molar-refractivity contribution in [2.45, 2.75) is 13.8 Å². The van der Waals surface area contributed by atoms with Crippen molar-refractivity contribution in [3.8, 4) is 0 Å². The van der Waals surface area contributed by atoms with Crippen molar-refractivity contribution in [1.29, 1.82) is 0 Å². The van der Waals surface area contributed by atoms with Gasteiger partial charge in [-0.05, 0) is 0 Å². The Morgan fingerprint density at radius 3 is 2.57 bits per heavy atom. The number of aryl methyl sites for hydroxylation is 2. The van der Waals surface area contributed by atoms with Gasteiger partial charge in [0.25, 0.3) is 0 Å². The number of rotatable bonds is 0. The second-order valence-electron chi connectivity index (χ2n) is 3.39. The van der Waals surface area contributed by atoms with E-state index in [1.54, 1.807) is 0 Å². The predicted octanol–water partition coefficient (Wildman–Crippen LogP) is 2.53. The molecule has 0 atom stereocenters. The second kappa shape index (κ2) is 4.42. The fourth-order valence-electron chi connectivity index (χ4n) is 1.71. The molecule has 0 fully saturated rings. The Balaban J connectivity index is 0.000000980. The van der Waals surface area contributed by atoms with E-state index in [9.17, 15) is 4.79 Å². The average molecular weight is 260 g/mol. The van der Waals surface area contributed by atoms with Crippen molar-refractivity contribution < 1.29 is 32.7 Å². The molecule has 0 radical (unpaired) electrons. The molecule has 2 rings (SSSR count). The van der Waals surface area contributed by atoms with Gasteiger partial charge in [0.2, 0.25) is 0 Å². The maximum atomic E-state index is 11.7. The molecule has 0 N–H and O–H groups in total. The molecule has 0 aliphatic rings. The van der Waals surface area contributed by atoms with Gasteiger partial charge < -0.3 is 4.79 Å². The first-order chi connectivity index (χ1) is 6.20. The summed E-state index contributed by atoms with van der Waals surface area (Å²) in [5.41, 5.74) is 2.16. The van der Waals surface area contributed by atoms with E-state index in [1.165, 1.54) is 5.56 Å². The Morgan fingerprint density at radius 1 is 1.21 bits per heavy atom. The molecule has 0 amide bonds. The smallest absolute Gasteiger partial charge is 0.311 e. The number of hydrogen-bond acceptors (Lipinski definition) is 1. The van der Waals surface area contributed by atoms with Crippen LogP contribution >= 0.6 is 0 Å². The second-order valence-corrected chi connectivity index (χ2v) is 3.39. The molecule has 2 heteroatoms. The van der Waals surface area contributed by atoms with Crippen molar-refractivity contribution >= 4 is 10.8 Å². The van der Waals surface area contributed by atoms with E-state index >= 15 is 0 Å². The van der Waals surface area contributed by atoms with Crippen molar-refractivity contribution in [3.05, 3.63) is 51.7 Å². The minimum absolute atomic E-state index is 0. The van der Waals surface area contributed by atoms with Gasteiger partial charge in [-0.1, -0.05) is 36.9 Å². The molecule has 1 nitrogen and oxygen atoms in total. The summed E-state index contributed by atoms with van der Waals surface area (Å²) in [6, 6.07) is 9.70. The summed E-state index contributed by atoms with van der Waals surface area (Å²) in [6.45, 7) is 3.90. The van der Waals surface area contributed by atoms with E-state index < -0.39 is 0 Å². The first-order valence-electron chi connectivity index (χ1n) is 4.36. The fraction of sp³-hybridized carbons (Fsp3) is 0.167. The molecule has 0 unspecified atom stereocenters. The van der Waals surface area contributed by atoms with Crippen LogP contribution in [-0.4, -0.2) is 0 Å². The molecular weight excluding hydrogens is 249 g/mol. The quantitative estimate of drug-likeness (QED) is 0.665. The first kappa shape index (κ1) is 11.7. The number of fused-ring (bicyclic) bond motifs is 1. The van der Waals surface area contributed by atoms with Gasteiger partial charge in [-0.25, -0.2) is 0 Å². The number of hydrogen-bond donors (Lipinski definition) is 0. The van der Waals surface area contributed by atoms with Crippen LogP contribution in [0.4, 0.5) is 0 Å². The van der Waals surface area contributed by atoms with Crippen molar-refractivity contribution in [1.82, 2.24) is 0 Å². The van der Waals surface area contributed by atoms with Crippen LogP contribution in [0.5, 0.6) is 0 Å². The third-order valence-electron chi connectivity index (χ3n) is 2.39. The molecule has 2 aromatic rings. The molecule has 66 valence electrons. The molecule has 0 spiro atoms. The Kier molecular flexibility index (Phi) is 3.68. The summed E-state index contributed by atoms with van der Waals surface area (Å²) < 4.78 is 0. The van der Waals surface area contributed by atoms with Gasteiger partial charge in [-0.2, -0.15) is 0 Å². The van der Waals surface area contributed by atoms with E-state index in [0.29, 0.717) is 0 Å². The minimum atomic E-state index is 0. The van der Waals surface area contributed by atoms with Crippen LogP contribution in [0.25, 0.3) is 10.8 Å². The molecular formula is C12H11OY+2. The van der Waals surface area contributed by atoms with E-state index in [0.717, 1.165) is 16.3 Å². The molecule has 0 aliphatic carbocycles.